The molecule has 28 heavy (non-hydrogen) atoms. The van der Waals surface area contributed by atoms with Crippen molar-refractivity contribution >= 4 is 35.5 Å². The van der Waals surface area contributed by atoms with Crippen molar-refractivity contribution in [3.63, 3.8) is 0 Å². The summed E-state index contributed by atoms with van der Waals surface area (Å²) in [5.74, 6) is -0.181. The van der Waals surface area contributed by atoms with Crippen LogP contribution in [0.25, 0.3) is 12.2 Å². The van der Waals surface area contributed by atoms with Gasteiger partial charge in [0.15, 0.2) is 11.6 Å². The second-order valence-electron chi connectivity index (χ2n) is 6.16. The highest BCUT2D eigenvalue weighted by Crippen LogP contribution is 2.16. The first-order chi connectivity index (χ1) is 13.7. The van der Waals surface area contributed by atoms with Crippen LogP contribution in [0.3, 0.4) is 0 Å². The van der Waals surface area contributed by atoms with Gasteiger partial charge in [0.2, 0.25) is 0 Å². The Morgan fingerprint density at radius 3 is 1.57 bits per heavy atom. The van der Waals surface area contributed by atoms with Gasteiger partial charge >= 0.3 is 0 Å². The Balaban J connectivity index is 1.64. The first-order valence-electron chi connectivity index (χ1n) is 8.90. The molecule has 0 aliphatic rings. The highest BCUT2D eigenvalue weighted by molar-refractivity contribution is 7.98. The molecule has 2 nitrogen and oxygen atoms in total. The minimum Gasteiger partial charge on any atom is -0.289 e. The summed E-state index contributed by atoms with van der Waals surface area (Å²) >= 11 is 1.68. The molecule has 0 fully saturated rings. The van der Waals surface area contributed by atoms with Crippen LogP contribution in [-0.2, 0) is 0 Å². The highest BCUT2D eigenvalue weighted by atomic mass is 32.2. The van der Waals surface area contributed by atoms with Crippen LogP contribution in [0.4, 0.5) is 0 Å². The van der Waals surface area contributed by atoms with E-state index < -0.39 is 0 Å². The summed E-state index contributed by atoms with van der Waals surface area (Å²) in [7, 11) is 0. The van der Waals surface area contributed by atoms with E-state index >= 15 is 0 Å². The lowest BCUT2D eigenvalue weighted by molar-refractivity contribution is 0.103. The van der Waals surface area contributed by atoms with Crippen LogP contribution in [0.15, 0.2) is 95.9 Å². The molecule has 0 aliphatic heterocycles. The van der Waals surface area contributed by atoms with E-state index in [0.29, 0.717) is 11.1 Å². The number of allylic oxidation sites excluding steroid dienone is 2. The number of benzene rings is 3. The third kappa shape index (κ3) is 5.41. The second kappa shape index (κ2) is 9.67. The largest absolute Gasteiger partial charge is 0.289 e. The zero-order valence-electron chi connectivity index (χ0n) is 15.5. The van der Waals surface area contributed by atoms with Crippen molar-refractivity contribution in [1.82, 2.24) is 0 Å². The van der Waals surface area contributed by atoms with E-state index in [9.17, 15) is 9.59 Å². The summed E-state index contributed by atoms with van der Waals surface area (Å²) in [6.45, 7) is 0. The molecule has 0 atom stereocenters. The predicted octanol–water partition coefficient (Wildman–Crippen LogP) is 6.20. The number of hydrogen-bond donors (Lipinski definition) is 0. The SMILES string of the molecule is CSc1ccc(/C=C/C(=O)c2ccc(C(=O)/C=C/c3ccccc3)cc2)cc1. The Kier molecular flexibility index (Phi) is 6.77. The monoisotopic (exact) mass is 384 g/mol. The molecule has 3 rings (SSSR count). The molecule has 0 aliphatic carbocycles. The predicted molar refractivity (Wildman–Crippen MR) is 118 cm³/mol. The average Bonchev–Trinajstić information content (AvgIpc) is 2.77. The number of ketones is 2. The summed E-state index contributed by atoms with van der Waals surface area (Å²) in [6, 6.07) is 24.4. The molecule has 0 amide bonds. The molecule has 0 bridgehead atoms. The molecule has 0 N–H and O–H groups in total. The third-order valence-corrected chi connectivity index (χ3v) is 4.97. The molecule has 138 valence electrons. The zero-order chi connectivity index (χ0) is 19.8. The summed E-state index contributed by atoms with van der Waals surface area (Å²) in [5, 5.41) is 0. The van der Waals surface area contributed by atoms with Crippen molar-refractivity contribution < 1.29 is 9.59 Å². The Hall–Kier alpha value is -3.17. The van der Waals surface area contributed by atoms with Gasteiger partial charge in [0, 0.05) is 16.0 Å². The van der Waals surface area contributed by atoms with Crippen molar-refractivity contribution in [1.29, 1.82) is 0 Å². The van der Waals surface area contributed by atoms with Crippen molar-refractivity contribution in [2.45, 2.75) is 4.90 Å². The van der Waals surface area contributed by atoms with E-state index in [1.54, 1.807) is 60.3 Å². The van der Waals surface area contributed by atoms with E-state index in [1.165, 1.54) is 4.90 Å². The number of thioether (sulfide) groups is 1. The van der Waals surface area contributed by atoms with Crippen molar-refractivity contribution in [2.75, 3.05) is 6.26 Å². The van der Waals surface area contributed by atoms with Gasteiger partial charge < -0.3 is 0 Å². The highest BCUT2D eigenvalue weighted by Gasteiger charge is 2.05. The van der Waals surface area contributed by atoms with Gasteiger partial charge in [-0.25, -0.2) is 0 Å². The number of rotatable bonds is 7. The third-order valence-electron chi connectivity index (χ3n) is 4.22. The molecule has 0 heterocycles. The fraction of sp³-hybridized carbons (Fsp3) is 0.0400. The minimum atomic E-state index is -0.0905. The summed E-state index contributed by atoms with van der Waals surface area (Å²) in [6.07, 6.45) is 8.71. The van der Waals surface area contributed by atoms with Crippen LogP contribution in [-0.4, -0.2) is 17.8 Å². The maximum Gasteiger partial charge on any atom is 0.185 e. The van der Waals surface area contributed by atoms with Crippen LogP contribution < -0.4 is 0 Å². The lowest BCUT2D eigenvalue weighted by Crippen LogP contribution is -1.98. The van der Waals surface area contributed by atoms with Crippen LogP contribution in [0.2, 0.25) is 0 Å². The summed E-state index contributed by atoms with van der Waals surface area (Å²) < 4.78 is 0. The van der Waals surface area contributed by atoms with Crippen LogP contribution >= 0.6 is 11.8 Å². The van der Waals surface area contributed by atoms with Crippen molar-refractivity contribution in [2.24, 2.45) is 0 Å². The smallest absolute Gasteiger partial charge is 0.185 e. The van der Waals surface area contributed by atoms with Gasteiger partial charge in [0.05, 0.1) is 0 Å². The van der Waals surface area contributed by atoms with Gasteiger partial charge in [-0.1, -0.05) is 78.9 Å². The van der Waals surface area contributed by atoms with Gasteiger partial charge in [0.1, 0.15) is 0 Å². The molecule has 0 radical (unpaired) electrons. The zero-order valence-corrected chi connectivity index (χ0v) is 16.4. The fourth-order valence-electron chi connectivity index (χ4n) is 2.61. The van der Waals surface area contributed by atoms with E-state index in [4.69, 9.17) is 0 Å². The Labute approximate surface area is 169 Å². The first kappa shape index (κ1) is 19.6. The number of carbonyl (C=O) groups is 2. The average molecular weight is 384 g/mol. The lowest BCUT2D eigenvalue weighted by Gasteiger charge is -2.00. The maximum atomic E-state index is 12.3. The van der Waals surface area contributed by atoms with Gasteiger partial charge in [-0.05, 0) is 41.7 Å². The summed E-state index contributed by atoms with van der Waals surface area (Å²) in [5.41, 5.74) is 3.06. The van der Waals surface area contributed by atoms with Crippen LogP contribution in [0.5, 0.6) is 0 Å². The van der Waals surface area contributed by atoms with Gasteiger partial charge in [-0.15, -0.1) is 11.8 Å². The van der Waals surface area contributed by atoms with Gasteiger partial charge in [0.25, 0.3) is 0 Å². The minimum absolute atomic E-state index is 0.0900. The topological polar surface area (TPSA) is 34.1 Å². The van der Waals surface area contributed by atoms with Gasteiger partial charge in [-0.3, -0.25) is 9.59 Å². The second-order valence-corrected chi connectivity index (χ2v) is 7.04. The maximum absolute atomic E-state index is 12.3. The van der Waals surface area contributed by atoms with E-state index in [0.717, 1.165) is 11.1 Å². The molecule has 3 aromatic carbocycles. The Morgan fingerprint density at radius 2 is 1.11 bits per heavy atom. The molecule has 3 heteroatoms. The number of carbonyl (C=O) groups excluding carboxylic acids is 2. The normalized spacial score (nSPS) is 11.2. The molecular weight excluding hydrogens is 364 g/mol. The van der Waals surface area contributed by atoms with E-state index in [1.807, 2.05) is 60.9 Å². The van der Waals surface area contributed by atoms with Crippen LogP contribution in [0.1, 0.15) is 31.8 Å². The van der Waals surface area contributed by atoms with Crippen LogP contribution in [0, 0.1) is 0 Å². The summed E-state index contributed by atoms with van der Waals surface area (Å²) in [4.78, 5) is 25.8. The number of hydrogen-bond acceptors (Lipinski definition) is 3. The van der Waals surface area contributed by atoms with E-state index in [2.05, 4.69) is 0 Å². The van der Waals surface area contributed by atoms with Crippen molar-refractivity contribution in [3.8, 4) is 0 Å². The Morgan fingerprint density at radius 1 is 0.643 bits per heavy atom. The van der Waals surface area contributed by atoms with Gasteiger partial charge in [-0.2, -0.15) is 0 Å². The lowest BCUT2D eigenvalue weighted by atomic mass is 10.0. The molecular formula is C25H20O2S. The molecule has 0 spiro atoms. The quantitative estimate of drug-likeness (QED) is 0.276. The molecule has 0 saturated carbocycles. The standard InChI is InChI=1S/C25H20O2S/c1-28-23-15-7-20(8-16-23)10-18-25(27)22-13-11-21(12-14-22)24(26)17-9-19-5-3-2-4-6-19/h2-18H,1H3/b17-9+,18-10+. The first-order valence-corrected chi connectivity index (χ1v) is 10.1. The molecule has 3 aromatic rings. The Bertz CT molecular complexity index is 999. The molecule has 0 unspecified atom stereocenters. The molecule has 0 saturated heterocycles. The fourth-order valence-corrected chi connectivity index (χ4v) is 3.02. The molecule has 0 aromatic heterocycles. The van der Waals surface area contributed by atoms with Crippen molar-refractivity contribution in [3.05, 3.63) is 113 Å². The van der Waals surface area contributed by atoms with E-state index in [-0.39, 0.29) is 11.6 Å².